The van der Waals surface area contributed by atoms with E-state index in [9.17, 15) is 14.4 Å². The molecule has 8 nitrogen and oxygen atoms in total. The first-order valence-electron chi connectivity index (χ1n) is 8.04. The monoisotopic (exact) mass is 365 g/mol. The summed E-state index contributed by atoms with van der Waals surface area (Å²) in [5.74, 6) is -1.15. The van der Waals surface area contributed by atoms with Gasteiger partial charge in [-0.1, -0.05) is 12.1 Å². The first-order chi connectivity index (χ1) is 13.1. The van der Waals surface area contributed by atoms with E-state index in [1.54, 1.807) is 48.5 Å². The fourth-order valence-electron chi connectivity index (χ4n) is 2.49. The maximum Gasteiger partial charge on any atom is 0.344 e. The van der Waals surface area contributed by atoms with Crippen LogP contribution in [0.3, 0.4) is 0 Å². The molecule has 0 atom stereocenters. The molecule has 1 N–H and O–H groups in total. The molecule has 0 fully saturated rings. The smallest absolute Gasteiger partial charge is 0.344 e. The van der Waals surface area contributed by atoms with Gasteiger partial charge in [0.25, 0.3) is 5.91 Å². The van der Waals surface area contributed by atoms with Crippen molar-refractivity contribution in [3.8, 4) is 11.8 Å². The zero-order valence-corrected chi connectivity index (χ0v) is 14.2. The van der Waals surface area contributed by atoms with E-state index in [4.69, 9.17) is 14.7 Å². The summed E-state index contributed by atoms with van der Waals surface area (Å²) in [6, 6.07) is 15.1. The normalized spacial score (nSPS) is 12.4. The van der Waals surface area contributed by atoms with Gasteiger partial charge in [0.2, 0.25) is 5.91 Å². The molecule has 0 aromatic heterocycles. The van der Waals surface area contributed by atoms with Crippen LogP contribution >= 0.6 is 0 Å². The summed E-state index contributed by atoms with van der Waals surface area (Å²) >= 11 is 0. The molecule has 0 bridgehead atoms. The maximum absolute atomic E-state index is 12.4. The van der Waals surface area contributed by atoms with Crippen molar-refractivity contribution in [2.45, 2.75) is 0 Å². The molecule has 1 heterocycles. The first-order valence-corrected chi connectivity index (χ1v) is 8.04. The standard InChI is InChI=1S/C19H15N3O5/c20-9-13-5-7-14(8-6-13)26-12-19(25)27-11-18(24)22-10-17(23)21-15-3-1-2-4-16(15)22/h1-8H,10-12H2,(H,21,23). The highest BCUT2D eigenvalue weighted by atomic mass is 16.6. The highest BCUT2D eigenvalue weighted by molar-refractivity contribution is 6.10. The quantitative estimate of drug-likeness (QED) is 0.804. The van der Waals surface area contributed by atoms with Crippen LogP contribution in [0.1, 0.15) is 5.56 Å². The fraction of sp³-hybridized carbons (Fsp3) is 0.158. The van der Waals surface area contributed by atoms with Gasteiger partial charge in [-0.15, -0.1) is 0 Å². The van der Waals surface area contributed by atoms with Gasteiger partial charge in [0, 0.05) is 0 Å². The SMILES string of the molecule is N#Cc1ccc(OCC(=O)OCC(=O)N2CC(=O)Nc3ccccc32)cc1. The molecule has 27 heavy (non-hydrogen) atoms. The maximum atomic E-state index is 12.4. The van der Waals surface area contributed by atoms with Crippen molar-refractivity contribution in [3.63, 3.8) is 0 Å². The number of hydrogen-bond donors (Lipinski definition) is 1. The number of fused-ring (bicyclic) bond motifs is 1. The second-order valence-electron chi connectivity index (χ2n) is 5.63. The average molecular weight is 365 g/mol. The first kappa shape index (κ1) is 17.9. The number of esters is 1. The number of nitrogens with zero attached hydrogens (tertiary/aromatic N) is 2. The van der Waals surface area contributed by atoms with Crippen LogP contribution in [0.5, 0.6) is 5.75 Å². The van der Waals surface area contributed by atoms with E-state index in [2.05, 4.69) is 5.32 Å². The molecule has 0 saturated carbocycles. The minimum Gasteiger partial charge on any atom is -0.482 e. The Morgan fingerprint density at radius 2 is 1.85 bits per heavy atom. The number of ether oxygens (including phenoxy) is 2. The van der Waals surface area contributed by atoms with Crippen LogP contribution in [-0.4, -0.2) is 37.5 Å². The molecule has 3 rings (SSSR count). The zero-order valence-electron chi connectivity index (χ0n) is 14.2. The molecule has 2 amide bonds. The number of nitriles is 1. The van der Waals surface area contributed by atoms with Crippen molar-refractivity contribution in [1.29, 1.82) is 5.26 Å². The van der Waals surface area contributed by atoms with Crippen LogP contribution in [0.25, 0.3) is 0 Å². The number of nitrogens with one attached hydrogen (secondary N) is 1. The molecule has 0 saturated heterocycles. The van der Waals surface area contributed by atoms with Crippen LogP contribution in [0.2, 0.25) is 0 Å². The topological polar surface area (TPSA) is 109 Å². The molecular weight excluding hydrogens is 350 g/mol. The summed E-state index contributed by atoms with van der Waals surface area (Å²) in [4.78, 5) is 37.1. The van der Waals surface area contributed by atoms with Gasteiger partial charge >= 0.3 is 5.97 Å². The summed E-state index contributed by atoms with van der Waals surface area (Å²) in [5.41, 5.74) is 1.55. The van der Waals surface area contributed by atoms with Crippen molar-refractivity contribution in [2.24, 2.45) is 0 Å². The van der Waals surface area contributed by atoms with Gasteiger partial charge in [-0.3, -0.25) is 14.5 Å². The average Bonchev–Trinajstić information content (AvgIpc) is 2.70. The van der Waals surface area contributed by atoms with E-state index < -0.39 is 18.5 Å². The number of para-hydroxylation sites is 2. The number of carbonyl (C=O) groups is 3. The van der Waals surface area contributed by atoms with E-state index in [1.807, 2.05) is 6.07 Å². The third-order valence-electron chi connectivity index (χ3n) is 3.77. The van der Waals surface area contributed by atoms with Crippen LogP contribution < -0.4 is 15.0 Å². The molecule has 0 radical (unpaired) electrons. The Balaban J connectivity index is 1.52. The molecular formula is C19H15N3O5. The van der Waals surface area contributed by atoms with Gasteiger partial charge in [0.1, 0.15) is 12.3 Å². The summed E-state index contributed by atoms with van der Waals surface area (Å²) < 4.78 is 10.2. The number of rotatable bonds is 5. The third-order valence-corrected chi connectivity index (χ3v) is 3.77. The molecule has 0 aliphatic carbocycles. The minimum atomic E-state index is -0.720. The number of anilines is 2. The zero-order chi connectivity index (χ0) is 19.2. The molecule has 2 aromatic carbocycles. The van der Waals surface area contributed by atoms with E-state index in [1.165, 1.54) is 4.90 Å². The number of hydrogen-bond acceptors (Lipinski definition) is 6. The highest BCUT2D eigenvalue weighted by Crippen LogP contribution is 2.28. The van der Waals surface area contributed by atoms with Crippen molar-refractivity contribution < 1.29 is 23.9 Å². The second kappa shape index (κ2) is 8.01. The minimum absolute atomic E-state index is 0.144. The van der Waals surface area contributed by atoms with E-state index >= 15 is 0 Å². The molecule has 1 aliphatic heterocycles. The van der Waals surface area contributed by atoms with Crippen molar-refractivity contribution in [3.05, 3.63) is 54.1 Å². The Morgan fingerprint density at radius 1 is 1.11 bits per heavy atom. The fourth-order valence-corrected chi connectivity index (χ4v) is 2.49. The molecule has 136 valence electrons. The molecule has 8 heteroatoms. The van der Waals surface area contributed by atoms with Gasteiger partial charge in [-0.05, 0) is 36.4 Å². The Hall–Kier alpha value is -3.86. The van der Waals surface area contributed by atoms with E-state index in [0.29, 0.717) is 22.7 Å². The van der Waals surface area contributed by atoms with Gasteiger partial charge in [0.15, 0.2) is 13.2 Å². The Labute approximate surface area is 154 Å². The Bertz CT molecular complexity index is 918. The third kappa shape index (κ3) is 4.41. The summed E-state index contributed by atoms with van der Waals surface area (Å²) in [6.45, 7) is -1.03. The van der Waals surface area contributed by atoms with Crippen LogP contribution in [0.4, 0.5) is 11.4 Å². The van der Waals surface area contributed by atoms with Gasteiger partial charge < -0.3 is 14.8 Å². The van der Waals surface area contributed by atoms with Gasteiger partial charge in [0.05, 0.1) is 23.0 Å². The van der Waals surface area contributed by atoms with Gasteiger partial charge in [-0.2, -0.15) is 5.26 Å². The lowest BCUT2D eigenvalue weighted by atomic mass is 10.2. The molecule has 0 unspecified atom stereocenters. The van der Waals surface area contributed by atoms with E-state index in [-0.39, 0.29) is 19.1 Å². The predicted octanol–water partition coefficient (Wildman–Crippen LogP) is 1.47. The number of benzene rings is 2. The number of carbonyl (C=O) groups excluding carboxylic acids is 3. The summed E-state index contributed by atoms with van der Waals surface area (Å²) in [5, 5.41) is 11.4. The van der Waals surface area contributed by atoms with Crippen LogP contribution in [-0.2, 0) is 19.1 Å². The lowest BCUT2D eigenvalue weighted by Crippen LogP contribution is -2.44. The highest BCUT2D eigenvalue weighted by Gasteiger charge is 2.27. The van der Waals surface area contributed by atoms with Crippen molar-refractivity contribution >= 4 is 29.2 Å². The van der Waals surface area contributed by atoms with Crippen LogP contribution in [0, 0.1) is 11.3 Å². The number of amides is 2. The molecule has 2 aromatic rings. The van der Waals surface area contributed by atoms with E-state index in [0.717, 1.165) is 0 Å². The Kier molecular flexibility index (Phi) is 5.33. The second-order valence-corrected chi connectivity index (χ2v) is 5.63. The Morgan fingerprint density at radius 3 is 2.59 bits per heavy atom. The predicted molar refractivity (Wildman–Crippen MR) is 95.0 cm³/mol. The molecule has 1 aliphatic rings. The van der Waals surface area contributed by atoms with Gasteiger partial charge in [-0.25, -0.2) is 4.79 Å². The lowest BCUT2D eigenvalue weighted by Gasteiger charge is -2.28. The van der Waals surface area contributed by atoms with Crippen molar-refractivity contribution in [2.75, 3.05) is 30.0 Å². The van der Waals surface area contributed by atoms with Crippen LogP contribution in [0.15, 0.2) is 48.5 Å². The summed E-state index contributed by atoms with van der Waals surface area (Å²) in [6.07, 6.45) is 0. The summed E-state index contributed by atoms with van der Waals surface area (Å²) in [7, 11) is 0. The largest absolute Gasteiger partial charge is 0.482 e. The lowest BCUT2D eigenvalue weighted by molar-refractivity contribution is -0.149. The van der Waals surface area contributed by atoms with Crippen molar-refractivity contribution in [1.82, 2.24) is 0 Å². The molecule has 0 spiro atoms.